The van der Waals surface area contributed by atoms with Crippen molar-refractivity contribution in [1.82, 2.24) is 4.90 Å². The van der Waals surface area contributed by atoms with Crippen molar-refractivity contribution in [3.63, 3.8) is 0 Å². The molecule has 0 spiro atoms. The van der Waals surface area contributed by atoms with Crippen LogP contribution in [0.4, 0.5) is 0 Å². The van der Waals surface area contributed by atoms with Gasteiger partial charge in [-0.2, -0.15) is 15.8 Å². The number of nitrogens with two attached hydrogens (primary N) is 1. The quantitative estimate of drug-likeness (QED) is 0.706. The van der Waals surface area contributed by atoms with Crippen LogP contribution in [-0.2, 0) is 0 Å². The zero-order chi connectivity index (χ0) is 22.6. The number of fused-ring (bicyclic) bond motifs is 1. The van der Waals surface area contributed by atoms with Gasteiger partial charge < -0.3 is 20.1 Å². The molecule has 31 heavy (non-hydrogen) atoms. The molecular weight excluding hydrogens is 390 g/mol. The van der Waals surface area contributed by atoms with Crippen molar-refractivity contribution in [3.05, 3.63) is 46.7 Å². The minimum absolute atomic E-state index is 0.0271. The molecule has 0 aromatic heterocycles. The van der Waals surface area contributed by atoms with Crippen LogP contribution in [0.15, 0.2) is 41.1 Å². The van der Waals surface area contributed by atoms with E-state index in [0.29, 0.717) is 31.2 Å². The Balaban J connectivity index is 2.18. The molecule has 1 aliphatic carbocycles. The van der Waals surface area contributed by atoms with Crippen molar-refractivity contribution in [2.45, 2.75) is 25.7 Å². The molecule has 3 rings (SSSR count). The number of rotatable bonds is 6. The summed E-state index contributed by atoms with van der Waals surface area (Å²) >= 11 is 0. The van der Waals surface area contributed by atoms with E-state index in [1.807, 2.05) is 31.3 Å². The molecule has 0 fully saturated rings. The first-order chi connectivity index (χ1) is 15.0. The molecule has 2 atom stereocenters. The third-order valence-electron chi connectivity index (χ3n) is 6.15. The Morgan fingerprint density at radius 1 is 1.23 bits per heavy atom. The summed E-state index contributed by atoms with van der Waals surface area (Å²) in [6, 6.07) is 12.0. The van der Waals surface area contributed by atoms with Gasteiger partial charge in [-0.1, -0.05) is 25.5 Å². The Morgan fingerprint density at radius 2 is 1.97 bits per heavy atom. The Bertz CT molecular complexity index is 1020. The summed E-state index contributed by atoms with van der Waals surface area (Å²) < 4.78 is 11.4. The Hall–Kier alpha value is -3.47. The molecule has 7 nitrogen and oxygen atoms in total. The van der Waals surface area contributed by atoms with Gasteiger partial charge in [0.05, 0.1) is 37.1 Å². The number of allylic oxidation sites excluding steroid dienone is 2. The minimum atomic E-state index is -1.65. The molecule has 1 aromatic carbocycles. The number of nitrogens with zero attached hydrogens (tertiary/aromatic N) is 4. The summed E-state index contributed by atoms with van der Waals surface area (Å²) in [6.45, 7) is 3.96. The normalized spacial score (nSPS) is 22.4. The van der Waals surface area contributed by atoms with Crippen LogP contribution in [0.1, 0.15) is 31.2 Å². The molecule has 0 bridgehead atoms. The highest BCUT2D eigenvalue weighted by atomic mass is 16.5. The molecule has 0 unspecified atom stereocenters. The molecule has 2 N–H and O–H groups in total. The number of unbranched alkanes of at least 4 members (excludes halogenated alkanes) is 1. The van der Waals surface area contributed by atoms with Gasteiger partial charge in [-0.05, 0) is 36.7 Å². The topological polar surface area (TPSA) is 119 Å². The van der Waals surface area contributed by atoms with E-state index in [1.165, 1.54) is 0 Å². The highest BCUT2D eigenvalue weighted by Crippen LogP contribution is 2.54. The van der Waals surface area contributed by atoms with E-state index in [1.54, 1.807) is 7.11 Å². The number of ether oxygens (including phenoxy) is 2. The summed E-state index contributed by atoms with van der Waals surface area (Å²) in [5.74, 6) is 0.387. The van der Waals surface area contributed by atoms with E-state index in [2.05, 4.69) is 30.0 Å². The molecule has 0 saturated carbocycles. The predicted octanol–water partition coefficient (Wildman–Crippen LogP) is 3.23. The van der Waals surface area contributed by atoms with Crippen LogP contribution in [0.5, 0.6) is 11.5 Å². The molecule has 1 aliphatic heterocycles. The van der Waals surface area contributed by atoms with E-state index in [-0.39, 0.29) is 17.2 Å². The standard InChI is InChI=1S/C24H27N5O2/c1-4-5-10-31-20-7-6-16(11-21(20)30-3)22-19-13-29(2)9-8-17(19)18(12-25)23(28)24(22,14-26)15-27/h6-8,11,19,22H,4-5,9-10,13,28H2,1-3H3/t19-,22-/m0/s1. The lowest BCUT2D eigenvalue weighted by Crippen LogP contribution is -2.47. The fraction of sp³-hybridized carbons (Fsp3) is 0.458. The number of benzene rings is 1. The minimum Gasteiger partial charge on any atom is -0.493 e. The second kappa shape index (κ2) is 9.13. The van der Waals surface area contributed by atoms with Crippen molar-refractivity contribution in [3.8, 4) is 29.7 Å². The molecule has 7 heteroatoms. The van der Waals surface area contributed by atoms with E-state index in [9.17, 15) is 15.8 Å². The molecular formula is C24H27N5O2. The second-order valence-corrected chi connectivity index (χ2v) is 8.01. The summed E-state index contributed by atoms with van der Waals surface area (Å²) in [5.41, 5.74) is 6.54. The number of hydrogen-bond acceptors (Lipinski definition) is 7. The van der Waals surface area contributed by atoms with Crippen molar-refractivity contribution in [2.24, 2.45) is 17.1 Å². The SMILES string of the molecule is CCCCOc1ccc([C@H]2[C@H]3CN(C)CC=C3C(C#N)=C(N)C2(C#N)C#N)cc1OC. The molecule has 160 valence electrons. The summed E-state index contributed by atoms with van der Waals surface area (Å²) in [5, 5.41) is 30.1. The van der Waals surface area contributed by atoms with Gasteiger partial charge in [0.1, 0.15) is 6.07 Å². The van der Waals surface area contributed by atoms with Gasteiger partial charge in [-0.15, -0.1) is 0 Å². The van der Waals surface area contributed by atoms with E-state index >= 15 is 0 Å². The number of methoxy groups -OCH3 is 1. The fourth-order valence-corrected chi connectivity index (χ4v) is 4.52. The summed E-state index contributed by atoms with van der Waals surface area (Å²) in [6.07, 6.45) is 3.93. The first kappa shape index (κ1) is 22.2. The average Bonchev–Trinajstić information content (AvgIpc) is 2.79. The predicted molar refractivity (Wildman–Crippen MR) is 116 cm³/mol. The Kier molecular flexibility index (Phi) is 6.54. The molecule has 1 heterocycles. The lowest BCUT2D eigenvalue weighted by Gasteiger charge is -2.45. The molecule has 0 saturated heterocycles. The molecule has 0 radical (unpaired) electrons. The van der Waals surface area contributed by atoms with Crippen LogP contribution in [0.3, 0.4) is 0 Å². The lowest BCUT2D eigenvalue weighted by atomic mass is 9.58. The number of nitriles is 3. The van der Waals surface area contributed by atoms with Crippen LogP contribution in [-0.4, -0.2) is 38.8 Å². The summed E-state index contributed by atoms with van der Waals surface area (Å²) in [7, 11) is 3.54. The van der Waals surface area contributed by atoms with E-state index < -0.39 is 11.3 Å². The van der Waals surface area contributed by atoms with Crippen molar-refractivity contribution >= 4 is 0 Å². The van der Waals surface area contributed by atoms with Gasteiger partial charge in [0, 0.05) is 24.9 Å². The zero-order valence-corrected chi connectivity index (χ0v) is 18.2. The maximum absolute atomic E-state index is 10.2. The molecule has 1 aromatic rings. The van der Waals surface area contributed by atoms with Crippen molar-refractivity contribution in [1.29, 1.82) is 15.8 Å². The maximum atomic E-state index is 10.2. The van der Waals surface area contributed by atoms with Gasteiger partial charge in [-0.25, -0.2) is 0 Å². The zero-order valence-electron chi connectivity index (χ0n) is 18.2. The number of hydrogen-bond donors (Lipinski definition) is 1. The van der Waals surface area contributed by atoms with Crippen molar-refractivity contribution < 1.29 is 9.47 Å². The van der Waals surface area contributed by atoms with Crippen LogP contribution in [0.2, 0.25) is 0 Å². The Labute approximate surface area is 183 Å². The van der Waals surface area contributed by atoms with Crippen LogP contribution in [0.25, 0.3) is 0 Å². The molecule has 2 aliphatic rings. The Morgan fingerprint density at radius 3 is 2.58 bits per heavy atom. The first-order valence-electron chi connectivity index (χ1n) is 10.4. The van der Waals surface area contributed by atoms with Gasteiger partial charge in [-0.3, -0.25) is 0 Å². The highest BCUT2D eigenvalue weighted by Gasteiger charge is 2.54. The largest absolute Gasteiger partial charge is 0.493 e. The number of likely N-dealkylation sites (N-methyl/N-ethyl adjacent to an activating group) is 1. The average molecular weight is 418 g/mol. The third-order valence-corrected chi connectivity index (χ3v) is 6.15. The van der Waals surface area contributed by atoms with Crippen LogP contribution >= 0.6 is 0 Å². The van der Waals surface area contributed by atoms with E-state index in [0.717, 1.165) is 24.0 Å². The third kappa shape index (κ3) is 3.72. The maximum Gasteiger partial charge on any atom is 0.191 e. The van der Waals surface area contributed by atoms with Crippen LogP contribution < -0.4 is 15.2 Å². The molecule has 0 amide bonds. The summed E-state index contributed by atoms with van der Waals surface area (Å²) in [4.78, 5) is 2.11. The van der Waals surface area contributed by atoms with Crippen LogP contribution in [0, 0.1) is 45.3 Å². The van der Waals surface area contributed by atoms with Gasteiger partial charge in [0.25, 0.3) is 0 Å². The van der Waals surface area contributed by atoms with E-state index in [4.69, 9.17) is 15.2 Å². The smallest absolute Gasteiger partial charge is 0.191 e. The van der Waals surface area contributed by atoms with Gasteiger partial charge in [0.15, 0.2) is 16.9 Å². The first-order valence-corrected chi connectivity index (χ1v) is 10.4. The van der Waals surface area contributed by atoms with Gasteiger partial charge >= 0.3 is 0 Å². The lowest BCUT2D eigenvalue weighted by molar-refractivity contribution is 0.237. The fourth-order valence-electron chi connectivity index (χ4n) is 4.52. The van der Waals surface area contributed by atoms with Crippen molar-refractivity contribution in [2.75, 3.05) is 33.9 Å². The second-order valence-electron chi connectivity index (χ2n) is 8.01. The highest BCUT2D eigenvalue weighted by molar-refractivity contribution is 5.60. The van der Waals surface area contributed by atoms with Gasteiger partial charge in [0.2, 0.25) is 0 Å². The monoisotopic (exact) mass is 417 g/mol.